The molecule has 1 heteroatoms. The van der Waals surface area contributed by atoms with E-state index in [9.17, 15) is 0 Å². The van der Waals surface area contributed by atoms with E-state index in [1.54, 1.807) is 11.8 Å². The van der Waals surface area contributed by atoms with Gasteiger partial charge in [0.25, 0.3) is 0 Å². The van der Waals surface area contributed by atoms with Gasteiger partial charge in [-0.2, -0.15) is 11.8 Å². The highest BCUT2D eigenvalue weighted by Crippen LogP contribution is 2.16. The summed E-state index contributed by atoms with van der Waals surface area (Å²) in [6.07, 6.45) is 7.67. The summed E-state index contributed by atoms with van der Waals surface area (Å²) >= 11 is 1.74. The van der Waals surface area contributed by atoms with E-state index in [2.05, 4.69) is 20.1 Å². The van der Waals surface area contributed by atoms with Gasteiger partial charge in [0.05, 0.1) is 0 Å². The highest BCUT2D eigenvalue weighted by Gasteiger charge is 1.99. The molecule has 0 aliphatic rings. The maximum Gasteiger partial charge on any atom is 0.00446 e. The molecule has 1 radical (unpaired) electrons. The lowest BCUT2D eigenvalue weighted by Crippen LogP contribution is -1.96. The van der Waals surface area contributed by atoms with Gasteiger partial charge in [0.15, 0.2) is 0 Å². The van der Waals surface area contributed by atoms with Crippen LogP contribution in [0.1, 0.15) is 33.1 Å². The van der Waals surface area contributed by atoms with Gasteiger partial charge in [-0.1, -0.05) is 20.3 Å². The van der Waals surface area contributed by atoms with Crippen LogP contribution in [0.4, 0.5) is 0 Å². The van der Waals surface area contributed by atoms with Crippen LogP contribution in [0.2, 0.25) is 0 Å². The van der Waals surface area contributed by atoms with Crippen molar-refractivity contribution in [1.82, 2.24) is 0 Å². The van der Waals surface area contributed by atoms with Gasteiger partial charge >= 0.3 is 0 Å². The summed E-state index contributed by atoms with van der Waals surface area (Å²) in [5, 5.41) is 0.806. The minimum absolute atomic E-state index is 0.806. The van der Waals surface area contributed by atoms with Crippen LogP contribution in [-0.2, 0) is 0 Å². The van der Waals surface area contributed by atoms with E-state index in [0.29, 0.717) is 0 Å². The largest absolute Gasteiger partial charge is 0.158 e. The SMILES string of the molecule is [CH2]SC(CC)CCC. The summed E-state index contributed by atoms with van der Waals surface area (Å²) in [6, 6.07) is 0. The summed E-state index contributed by atoms with van der Waals surface area (Å²) in [5.41, 5.74) is 0. The Labute approximate surface area is 57.1 Å². The van der Waals surface area contributed by atoms with Crippen LogP contribution in [0.25, 0.3) is 0 Å². The van der Waals surface area contributed by atoms with Gasteiger partial charge in [0.2, 0.25) is 0 Å². The average molecular weight is 131 g/mol. The summed E-state index contributed by atoms with van der Waals surface area (Å²) in [6.45, 7) is 4.44. The van der Waals surface area contributed by atoms with E-state index in [-0.39, 0.29) is 0 Å². The molecule has 1 atom stereocenters. The fourth-order valence-electron chi connectivity index (χ4n) is 0.727. The van der Waals surface area contributed by atoms with Crippen molar-refractivity contribution in [3.8, 4) is 0 Å². The molecule has 0 spiro atoms. The van der Waals surface area contributed by atoms with Gasteiger partial charge in [-0.15, -0.1) is 0 Å². The second-order valence-corrected chi connectivity index (χ2v) is 2.99. The molecule has 8 heavy (non-hydrogen) atoms. The minimum atomic E-state index is 0.806. The van der Waals surface area contributed by atoms with Gasteiger partial charge in [0, 0.05) is 11.5 Å². The molecule has 1 unspecified atom stereocenters. The fraction of sp³-hybridized carbons (Fsp3) is 0.857. The fourth-order valence-corrected chi connectivity index (χ4v) is 1.37. The molecule has 0 bridgehead atoms. The van der Waals surface area contributed by atoms with Gasteiger partial charge in [-0.05, 0) is 12.8 Å². The first-order valence-corrected chi connectivity index (χ1v) is 4.30. The third-order valence-electron chi connectivity index (χ3n) is 1.30. The Hall–Kier alpha value is 0.350. The van der Waals surface area contributed by atoms with Crippen LogP contribution in [-0.4, -0.2) is 5.25 Å². The highest BCUT2D eigenvalue weighted by molar-refractivity contribution is 8.01. The van der Waals surface area contributed by atoms with Crippen molar-refractivity contribution < 1.29 is 0 Å². The first kappa shape index (κ1) is 8.35. The molecule has 0 nitrogen and oxygen atoms in total. The molecule has 49 valence electrons. The number of rotatable bonds is 4. The second kappa shape index (κ2) is 5.49. The molecule has 0 amide bonds. The summed E-state index contributed by atoms with van der Waals surface area (Å²) in [5.74, 6) is 0. The van der Waals surface area contributed by atoms with Crippen LogP contribution in [0, 0.1) is 6.26 Å². The second-order valence-electron chi connectivity index (χ2n) is 1.99. The average Bonchev–Trinajstić information content (AvgIpc) is 1.83. The lowest BCUT2D eigenvalue weighted by Gasteiger charge is -2.07. The molecule has 0 saturated heterocycles. The molecule has 0 N–H and O–H groups in total. The maximum atomic E-state index is 3.79. The van der Waals surface area contributed by atoms with E-state index in [1.165, 1.54) is 19.3 Å². The number of hydrogen-bond acceptors (Lipinski definition) is 1. The van der Waals surface area contributed by atoms with Gasteiger partial charge in [-0.25, -0.2) is 0 Å². The first-order valence-electron chi connectivity index (χ1n) is 3.26. The van der Waals surface area contributed by atoms with Crippen LogP contribution < -0.4 is 0 Å². The van der Waals surface area contributed by atoms with Crippen molar-refractivity contribution in [3.05, 3.63) is 6.26 Å². The third kappa shape index (κ3) is 3.36. The Kier molecular flexibility index (Phi) is 5.73. The molecule has 0 saturated carbocycles. The standard InChI is InChI=1S/C7H15S/c1-4-6-7(5-2)8-3/h7H,3-6H2,1-2H3. The number of hydrogen-bond donors (Lipinski definition) is 0. The first-order chi connectivity index (χ1) is 3.85. The molecule has 0 aromatic carbocycles. The topological polar surface area (TPSA) is 0 Å². The smallest absolute Gasteiger partial charge is 0.00446 e. The highest BCUT2D eigenvalue weighted by atomic mass is 32.2. The van der Waals surface area contributed by atoms with E-state index >= 15 is 0 Å². The predicted molar refractivity (Wildman–Crippen MR) is 41.9 cm³/mol. The van der Waals surface area contributed by atoms with Crippen molar-refractivity contribution in [1.29, 1.82) is 0 Å². The van der Waals surface area contributed by atoms with Crippen molar-refractivity contribution in [2.24, 2.45) is 0 Å². The monoisotopic (exact) mass is 131 g/mol. The Morgan fingerprint density at radius 3 is 2.25 bits per heavy atom. The molecule has 0 fully saturated rings. The molecule has 0 aliphatic carbocycles. The lowest BCUT2D eigenvalue weighted by atomic mass is 10.2. The molecule has 0 heterocycles. The van der Waals surface area contributed by atoms with Crippen LogP contribution in [0.15, 0.2) is 0 Å². The lowest BCUT2D eigenvalue weighted by molar-refractivity contribution is 0.721. The van der Waals surface area contributed by atoms with Crippen LogP contribution in [0.3, 0.4) is 0 Å². The van der Waals surface area contributed by atoms with Crippen molar-refractivity contribution in [3.63, 3.8) is 0 Å². The normalized spacial score (nSPS) is 13.9. The molecule has 0 aromatic heterocycles. The molecule has 0 rings (SSSR count). The Morgan fingerprint density at radius 1 is 1.50 bits per heavy atom. The predicted octanol–water partition coefficient (Wildman–Crippen LogP) is 3.09. The van der Waals surface area contributed by atoms with Gasteiger partial charge in [-0.3, -0.25) is 0 Å². The summed E-state index contributed by atoms with van der Waals surface area (Å²) in [7, 11) is 0. The van der Waals surface area contributed by atoms with Crippen LogP contribution in [0.5, 0.6) is 0 Å². The van der Waals surface area contributed by atoms with E-state index in [0.717, 1.165) is 5.25 Å². The molecule has 0 aliphatic heterocycles. The van der Waals surface area contributed by atoms with E-state index in [1.807, 2.05) is 0 Å². The van der Waals surface area contributed by atoms with E-state index in [4.69, 9.17) is 0 Å². The maximum absolute atomic E-state index is 3.79. The third-order valence-corrected chi connectivity index (χ3v) is 2.34. The van der Waals surface area contributed by atoms with E-state index < -0.39 is 0 Å². The Morgan fingerprint density at radius 2 is 2.12 bits per heavy atom. The molecular formula is C7H15S. The van der Waals surface area contributed by atoms with Crippen molar-refractivity contribution in [2.45, 2.75) is 38.4 Å². The Balaban J connectivity index is 3.07. The summed E-state index contributed by atoms with van der Waals surface area (Å²) in [4.78, 5) is 0. The van der Waals surface area contributed by atoms with Crippen molar-refractivity contribution in [2.75, 3.05) is 0 Å². The zero-order valence-corrected chi connectivity index (χ0v) is 6.63. The van der Waals surface area contributed by atoms with Gasteiger partial charge in [0.1, 0.15) is 0 Å². The van der Waals surface area contributed by atoms with Crippen molar-refractivity contribution >= 4 is 11.8 Å². The zero-order valence-electron chi connectivity index (χ0n) is 5.81. The Bertz CT molecular complexity index is 39.7. The van der Waals surface area contributed by atoms with Crippen LogP contribution >= 0.6 is 11.8 Å². The number of thioether (sulfide) groups is 1. The summed E-state index contributed by atoms with van der Waals surface area (Å²) < 4.78 is 0. The van der Waals surface area contributed by atoms with Gasteiger partial charge < -0.3 is 0 Å². The molecule has 0 aromatic rings. The quantitative estimate of drug-likeness (QED) is 0.565. The minimum Gasteiger partial charge on any atom is -0.158 e. The molecular weight excluding hydrogens is 116 g/mol. The zero-order chi connectivity index (χ0) is 6.41.